The molecule has 2 amide bonds. The number of thiophene rings is 1. The van der Waals surface area contributed by atoms with E-state index < -0.39 is 0 Å². The summed E-state index contributed by atoms with van der Waals surface area (Å²) < 4.78 is 0. The van der Waals surface area contributed by atoms with Gasteiger partial charge in [0.25, 0.3) is 0 Å². The first kappa shape index (κ1) is 16.0. The molecular weight excluding hydrogens is 306 g/mol. The average molecular weight is 329 g/mol. The number of amides is 2. The number of hydrogen-bond acceptors (Lipinski definition) is 3. The highest BCUT2D eigenvalue weighted by molar-refractivity contribution is 7.07. The molecule has 0 saturated heterocycles. The van der Waals surface area contributed by atoms with Crippen molar-refractivity contribution < 1.29 is 4.79 Å². The minimum atomic E-state index is 0.000822. The quantitative estimate of drug-likeness (QED) is 0.886. The maximum absolute atomic E-state index is 12.2. The second-order valence-corrected chi connectivity index (χ2v) is 6.82. The smallest absolute Gasteiger partial charge is 0.317 e. The van der Waals surface area contributed by atoms with Crippen molar-refractivity contribution in [2.24, 2.45) is 0 Å². The second kappa shape index (κ2) is 7.62. The van der Waals surface area contributed by atoms with Gasteiger partial charge in [0, 0.05) is 32.7 Å². The first-order valence-electron chi connectivity index (χ1n) is 8.02. The van der Waals surface area contributed by atoms with Crippen molar-refractivity contribution in [1.29, 1.82) is 0 Å². The van der Waals surface area contributed by atoms with Crippen LogP contribution in [0, 0.1) is 0 Å². The highest BCUT2D eigenvalue weighted by Gasteiger charge is 2.18. The lowest BCUT2D eigenvalue weighted by Gasteiger charge is -2.27. The summed E-state index contributed by atoms with van der Waals surface area (Å²) in [4.78, 5) is 13.9. The van der Waals surface area contributed by atoms with Gasteiger partial charge >= 0.3 is 6.03 Å². The molecule has 0 fully saturated rings. The summed E-state index contributed by atoms with van der Waals surface area (Å²) in [7, 11) is 1.85. The standard InChI is InChI=1S/C18H23N3OS/c1-21(8-6-14-7-9-23-13-14)18(22)20-12-17-10-15-4-2-3-5-16(15)11-19-17/h2-5,7,9,13,17,19H,6,8,10-12H2,1H3,(H,20,22)/t17-/m0/s1. The van der Waals surface area contributed by atoms with Gasteiger partial charge in [-0.3, -0.25) is 0 Å². The largest absolute Gasteiger partial charge is 0.336 e. The Hall–Kier alpha value is -1.85. The first-order chi connectivity index (χ1) is 11.2. The number of rotatable bonds is 5. The Kier molecular flexibility index (Phi) is 5.31. The zero-order valence-electron chi connectivity index (χ0n) is 13.4. The Bertz CT molecular complexity index is 641. The molecule has 0 aliphatic carbocycles. The zero-order valence-corrected chi connectivity index (χ0v) is 14.2. The monoisotopic (exact) mass is 329 g/mol. The number of likely N-dealkylation sites (N-methyl/N-ethyl adjacent to an activating group) is 1. The molecule has 0 radical (unpaired) electrons. The summed E-state index contributed by atoms with van der Waals surface area (Å²) in [6.07, 6.45) is 1.87. The molecule has 2 aromatic rings. The van der Waals surface area contributed by atoms with Crippen molar-refractivity contribution in [3.05, 3.63) is 57.8 Å². The van der Waals surface area contributed by atoms with E-state index >= 15 is 0 Å². The van der Waals surface area contributed by atoms with Gasteiger partial charge < -0.3 is 15.5 Å². The fourth-order valence-electron chi connectivity index (χ4n) is 2.84. The Balaban J connectivity index is 1.42. The van der Waals surface area contributed by atoms with Crippen molar-refractivity contribution in [3.63, 3.8) is 0 Å². The number of hydrogen-bond donors (Lipinski definition) is 2. The molecule has 5 heteroatoms. The van der Waals surface area contributed by atoms with Gasteiger partial charge in [-0.2, -0.15) is 11.3 Å². The molecule has 1 aromatic heterocycles. The Morgan fingerprint density at radius 2 is 2.17 bits per heavy atom. The number of urea groups is 1. The van der Waals surface area contributed by atoms with E-state index in [1.54, 1.807) is 16.2 Å². The Morgan fingerprint density at radius 1 is 1.35 bits per heavy atom. The van der Waals surface area contributed by atoms with Crippen LogP contribution >= 0.6 is 11.3 Å². The van der Waals surface area contributed by atoms with Gasteiger partial charge in [-0.15, -0.1) is 0 Å². The number of nitrogens with zero attached hydrogens (tertiary/aromatic N) is 1. The van der Waals surface area contributed by atoms with E-state index in [2.05, 4.69) is 51.7 Å². The predicted molar refractivity (Wildman–Crippen MR) is 94.8 cm³/mol. The van der Waals surface area contributed by atoms with Gasteiger partial charge in [0.15, 0.2) is 0 Å². The van der Waals surface area contributed by atoms with Gasteiger partial charge in [-0.25, -0.2) is 4.79 Å². The third-order valence-corrected chi connectivity index (χ3v) is 5.06. The Labute approximate surface area is 141 Å². The molecule has 0 saturated carbocycles. The summed E-state index contributed by atoms with van der Waals surface area (Å²) in [5, 5.41) is 10.7. The van der Waals surface area contributed by atoms with Crippen LogP contribution in [0.5, 0.6) is 0 Å². The van der Waals surface area contributed by atoms with Crippen molar-refractivity contribution in [2.45, 2.75) is 25.4 Å². The van der Waals surface area contributed by atoms with Crippen LogP contribution in [0.3, 0.4) is 0 Å². The second-order valence-electron chi connectivity index (χ2n) is 6.04. The molecule has 1 atom stereocenters. The zero-order chi connectivity index (χ0) is 16.1. The summed E-state index contributed by atoms with van der Waals surface area (Å²) in [5.41, 5.74) is 4.04. The van der Waals surface area contributed by atoms with Gasteiger partial charge in [0.05, 0.1) is 0 Å². The normalized spacial score (nSPS) is 16.7. The SMILES string of the molecule is CN(CCc1ccsc1)C(=O)NC[C@@H]1Cc2ccccc2CN1. The van der Waals surface area contributed by atoms with Crippen LogP contribution in [0.15, 0.2) is 41.1 Å². The number of benzene rings is 1. The predicted octanol–water partition coefficient (Wildman–Crippen LogP) is 2.65. The fourth-order valence-corrected chi connectivity index (χ4v) is 3.55. The van der Waals surface area contributed by atoms with Gasteiger partial charge in [-0.05, 0) is 46.4 Å². The average Bonchev–Trinajstić information content (AvgIpc) is 3.10. The molecule has 0 unspecified atom stereocenters. The fraction of sp³-hybridized carbons (Fsp3) is 0.389. The lowest BCUT2D eigenvalue weighted by Crippen LogP contribution is -2.47. The number of carbonyl (C=O) groups is 1. The first-order valence-corrected chi connectivity index (χ1v) is 8.97. The van der Waals surface area contributed by atoms with Gasteiger partial charge in [0.2, 0.25) is 0 Å². The third kappa shape index (κ3) is 4.33. The van der Waals surface area contributed by atoms with Gasteiger partial charge in [0.1, 0.15) is 0 Å². The molecule has 2 heterocycles. The van der Waals surface area contributed by atoms with Crippen LogP contribution in [0.2, 0.25) is 0 Å². The van der Waals surface area contributed by atoms with Crippen LogP contribution in [0.1, 0.15) is 16.7 Å². The van der Waals surface area contributed by atoms with Crippen LogP contribution in [0.4, 0.5) is 4.79 Å². The van der Waals surface area contributed by atoms with E-state index in [1.165, 1.54) is 16.7 Å². The lowest BCUT2D eigenvalue weighted by molar-refractivity contribution is 0.207. The topological polar surface area (TPSA) is 44.4 Å². The maximum Gasteiger partial charge on any atom is 0.317 e. The minimum absolute atomic E-state index is 0.000822. The van der Waals surface area contributed by atoms with Crippen LogP contribution in [-0.4, -0.2) is 37.1 Å². The van der Waals surface area contributed by atoms with Crippen LogP contribution in [0.25, 0.3) is 0 Å². The molecule has 122 valence electrons. The summed E-state index contributed by atoms with van der Waals surface area (Å²) in [6, 6.07) is 10.9. The molecule has 1 aliphatic rings. The molecule has 4 nitrogen and oxygen atoms in total. The third-order valence-electron chi connectivity index (χ3n) is 4.33. The van der Waals surface area contributed by atoms with E-state index in [1.807, 2.05) is 7.05 Å². The number of fused-ring (bicyclic) bond motifs is 1. The van der Waals surface area contributed by atoms with Crippen molar-refractivity contribution >= 4 is 17.4 Å². The summed E-state index contributed by atoms with van der Waals surface area (Å²) >= 11 is 1.70. The highest BCUT2D eigenvalue weighted by Crippen LogP contribution is 2.15. The summed E-state index contributed by atoms with van der Waals surface area (Å²) in [5.74, 6) is 0. The van der Waals surface area contributed by atoms with E-state index in [0.717, 1.165) is 25.9 Å². The summed E-state index contributed by atoms with van der Waals surface area (Å²) in [6.45, 7) is 2.28. The van der Waals surface area contributed by atoms with Crippen molar-refractivity contribution in [3.8, 4) is 0 Å². The molecule has 0 bridgehead atoms. The molecule has 0 spiro atoms. The highest BCUT2D eigenvalue weighted by atomic mass is 32.1. The molecule has 2 N–H and O–H groups in total. The van der Waals surface area contributed by atoms with Crippen LogP contribution < -0.4 is 10.6 Å². The molecule has 1 aromatic carbocycles. The van der Waals surface area contributed by atoms with E-state index in [-0.39, 0.29) is 6.03 Å². The van der Waals surface area contributed by atoms with Crippen molar-refractivity contribution in [1.82, 2.24) is 15.5 Å². The lowest BCUT2D eigenvalue weighted by atomic mass is 9.96. The number of carbonyl (C=O) groups excluding carboxylic acids is 1. The molecular formula is C18H23N3OS. The Morgan fingerprint density at radius 3 is 2.96 bits per heavy atom. The van der Waals surface area contributed by atoms with E-state index in [9.17, 15) is 4.79 Å². The molecule has 23 heavy (non-hydrogen) atoms. The van der Waals surface area contributed by atoms with Crippen LogP contribution in [-0.2, 0) is 19.4 Å². The molecule has 3 rings (SSSR count). The molecule has 1 aliphatic heterocycles. The minimum Gasteiger partial charge on any atom is -0.336 e. The van der Waals surface area contributed by atoms with Gasteiger partial charge in [-0.1, -0.05) is 24.3 Å². The van der Waals surface area contributed by atoms with Crippen molar-refractivity contribution in [2.75, 3.05) is 20.1 Å². The number of nitrogens with one attached hydrogen (secondary N) is 2. The van der Waals surface area contributed by atoms with E-state index in [0.29, 0.717) is 12.6 Å². The van der Waals surface area contributed by atoms with E-state index in [4.69, 9.17) is 0 Å². The maximum atomic E-state index is 12.2.